The molecule has 0 aromatic carbocycles. The van der Waals surface area contributed by atoms with Crippen molar-refractivity contribution in [3.63, 3.8) is 0 Å². The molecular formula is C18H31NO3S. The summed E-state index contributed by atoms with van der Waals surface area (Å²) in [5.41, 5.74) is 0. The Morgan fingerprint density at radius 2 is 1.43 bits per heavy atom. The van der Waals surface area contributed by atoms with Crippen LogP contribution in [-0.4, -0.2) is 47.0 Å². The highest BCUT2D eigenvalue weighted by Gasteiger charge is 2.32. The smallest absolute Gasteiger partial charge is 0.315 e. The second-order valence-corrected chi connectivity index (χ2v) is 7.67. The van der Waals surface area contributed by atoms with Gasteiger partial charge in [0.05, 0.1) is 18.1 Å². The maximum absolute atomic E-state index is 12.8. The van der Waals surface area contributed by atoms with Gasteiger partial charge in [-0.1, -0.05) is 38.5 Å². The summed E-state index contributed by atoms with van der Waals surface area (Å²) in [5.74, 6) is 0.708. The summed E-state index contributed by atoms with van der Waals surface area (Å²) in [6.07, 6.45) is 12.2. The molecule has 1 amide bonds. The average Bonchev–Trinajstić information content (AvgIpc) is 2.57. The van der Waals surface area contributed by atoms with Crippen LogP contribution in [0.2, 0.25) is 0 Å². The molecule has 0 N–H and O–H groups in total. The van der Waals surface area contributed by atoms with Crippen LogP contribution in [0.1, 0.15) is 71.1 Å². The number of hydrogen-bond acceptors (Lipinski definition) is 4. The first kappa shape index (κ1) is 18.6. The lowest BCUT2D eigenvalue weighted by Crippen LogP contribution is -2.49. The van der Waals surface area contributed by atoms with E-state index in [4.69, 9.17) is 4.74 Å². The van der Waals surface area contributed by atoms with E-state index in [1.165, 1.54) is 50.3 Å². The summed E-state index contributed by atoms with van der Waals surface area (Å²) < 4.78 is 4.93. The van der Waals surface area contributed by atoms with Crippen molar-refractivity contribution in [2.75, 3.05) is 18.1 Å². The molecule has 0 spiro atoms. The molecular weight excluding hydrogens is 310 g/mol. The maximum Gasteiger partial charge on any atom is 0.315 e. The number of hydrogen-bond donors (Lipinski definition) is 0. The molecule has 2 rings (SSSR count). The van der Waals surface area contributed by atoms with Crippen molar-refractivity contribution >= 4 is 23.6 Å². The van der Waals surface area contributed by atoms with Gasteiger partial charge in [-0.05, 0) is 32.6 Å². The molecule has 0 heterocycles. The number of nitrogens with zero attached hydrogens (tertiary/aromatic N) is 1. The maximum atomic E-state index is 12.8. The van der Waals surface area contributed by atoms with Crippen LogP contribution in [-0.2, 0) is 14.3 Å². The molecule has 0 aromatic rings. The zero-order valence-corrected chi connectivity index (χ0v) is 15.2. The Hall–Kier alpha value is -0.710. The number of thioether (sulfide) groups is 1. The van der Waals surface area contributed by atoms with Crippen molar-refractivity contribution in [1.82, 2.24) is 4.90 Å². The first-order valence-electron chi connectivity index (χ1n) is 9.27. The van der Waals surface area contributed by atoms with Gasteiger partial charge in [0.2, 0.25) is 5.91 Å². The van der Waals surface area contributed by atoms with E-state index in [2.05, 4.69) is 4.90 Å². The van der Waals surface area contributed by atoms with Crippen molar-refractivity contribution in [2.45, 2.75) is 83.2 Å². The fraction of sp³-hybridized carbons (Fsp3) is 0.889. The molecule has 0 unspecified atom stereocenters. The van der Waals surface area contributed by atoms with E-state index in [1.807, 2.05) is 6.92 Å². The zero-order valence-electron chi connectivity index (χ0n) is 14.4. The Labute approximate surface area is 144 Å². The van der Waals surface area contributed by atoms with Crippen molar-refractivity contribution < 1.29 is 14.3 Å². The van der Waals surface area contributed by atoms with E-state index >= 15 is 0 Å². The van der Waals surface area contributed by atoms with E-state index in [1.54, 1.807) is 0 Å². The number of carbonyl (C=O) groups is 2. The molecule has 2 aliphatic rings. The normalized spacial score (nSPS) is 20.2. The SMILES string of the molecule is CCOC(=O)CSCC(=O)N(C1CCCCC1)C1CCCCC1. The molecule has 132 valence electrons. The predicted molar refractivity (Wildman–Crippen MR) is 94.6 cm³/mol. The van der Waals surface area contributed by atoms with E-state index in [0.29, 0.717) is 24.4 Å². The quantitative estimate of drug-likeness (QED) is 0.661. The molecule has 0 aromatic heterocycles. The van der Waals surface area contributed by atoms with Gasteiger partial charge in [0.15, 0.2) is 0 Å². The summed E-state index contributed by atoms with van der Waals surface area (Å²) in [5, 5.41) is 0. The van der Waals surface area contributed by atoms with Crippen LogP contribution in [0.5, 0.6) is 0 Å². The monoisotopic (exact) mass is 341 g/mol. The van der Waals surface area contributed by atoms with Crippen LogP contribution < -0.4 is 0 Å². The summed E-state index contributed by atoms with van der Waals surface area (Å²) in [6, 6.07) is 0.866. The van der Waals surface area contributed by atoms with Crippen LogP contribution in [0.25, 0.3) is 0 Å². The summed E-state index contributed by atoms with van der Waals surface area (Å²) in [6.45, 7) is 2.21. The number of carbonyl (C=O) groups excluding carboxylic acids is 2. The molecule has 0 aliphatic heterocycles. The van der Waals surface area contributed by atoms with E-state index in [9.17, 15) is 9.59 Å². The first-order valence-corrected chi connectivity index (χ1v) is 10.4. The molecule has 2 saturated carbocycles. The number of esters is 1. The minimum Gasteiger partial charge on any atom is -0.465 e. The number of ether oxygens (including phenoxy) is 1. The molecule has 0 saturated heterocycles. The van der Waals surface area contributed by atoms with E-state index < -0.39 is 0 Å². The Balaban J connectivity index is 1.89. The van der Waals surface area contributed by atoms with Gasteiger partial charge in [-0.3, -0.25) is 9.59 Å². The molecule has 0 radical (unpaired) electrons. The van der Waals surface area contributed by atoms with E-state index in [-0.39, 0.29) is 17.6 Å². The Morgan fingerprint density at radius 1 is 0.913 bits per heavy atom. The zero-order chi connectivity index (χ0) is 16.5. The van der Waals surface area contributed by atoms with Crippen LogP contribution in [0, 0.1) is 0 Å². The van der Waals surface area contributed by atoms with Crippen LogP contribution in [0.3, 0.4) is 0 Å². The summed E-state index contributed by atoms with van der Waals surface area (Å²) >= 11 is 1.40. The molecule has 2 aliphatic carbocycles. The number of rotatable bonds is 7. The standard InChI is InChI=1S/C18H31NO3S/c1-2-22-18(21)14-23-13-17(20)19(15-9-5-3-6-10-15)16-11-7-4-8-12-16/h15-16H,2-14H2,1H3. The van der Waals surface area contributed by atoms with Gasteiger partial charge in [0.25, 0.3) is 0 Å². The third-order valence-electron chi connectivity index (χ3n) is 4.97. The third-order valence-corrected chi connectivity index (χ3v) is 5.87. The lowest BCUT2D eigenvalue weighted by Gasteiger charge is -2.41. The third kappa shape index (κ3) is 6.02. The van der Waals surface area contributed by atoms with Gasteiger partial charge in [0.1, 0.15) is 0 Å². The lowest BCUT2D eigenvalue weighted by atomic mass is 9.88. The summed E-state index contributed by atoms with van der Waals surface area (Å²) in [4.78, 5) is 26.5. The van der Waals surface area contributed by atoms with Gasteiger partial charge in [-0.25, -0.2) is 0 Å². The van der Waals surface area contributed by atoms with Crippen molar-refractivity contribution in [2.24, 2.45) is 0 Å². The highest BCUT2D eigenvalue weighted by molar-refractivity contribution is 8.00. The second kappa shape index (κ2) is 10.2. The van der Waals surface area contributed by atoms with Gasteiger partial charge in [-0.15, -0.1) is 11.8 Å². The largest absolute Gasteiger partial charge is 0.465 e. The Kier molecular flexibility index (Phi) is 8.27. The lowest BCUT2D eigenvalue weighted by molar-refractivity contribution is -0.139. The first-order chi connectivity index (χ1) is 11.2. The van der Waals surface area contributed by atoms with Crippen LogP contribution in [0.4, 0.5) is 0 Å². The molecule has 0 atom stereocenters. The molecule has 23 heavy (non-hydrogen) atoms. The minimum atomic E-state index is -0.216. The van der Waals surface area contributed by atoms with Gasteiger partial charge in [-0.2, -0.15) is 0 Å². The average molecular weight is 342 g/mol. The van der Waals surface area contributed by atoms with Crippen molar-refractivity contribution in [1.29, 1.82) is 0 Å². The van der Waals surface area contributed by atoms with Crippen molar-refractivity contribution in [3.8, 4) is 0 Å². The highest BCUT2D eigenvalue weighted by atomic mass is 32.2. The Morgan fingerprint density at radius 3 is 1.91 bits per heavy atom. The minimum absolute atomic E-state index is 0.216. The summed E-state index contributed by atoms with van der Waals surface area (Å²) in [7, 11) is 0. The fourth-order valence-corrected chi connectivity index (χ4v) is 4.60. The molecule has 4 nitrogen and oxygen atoms in total. The van der Waals surface area contributed by atoms with Crippen LogP contribution >= 0.6 is 11.8 Å². The predicted octanol–water partition coefficient (Wildman–Crippen LogP) is 3.78. The van der Waals surface area contributed by atoms with Gasteiger partial charge < -0.3 is 9.64 Å². The molecule has 2 fully saturated rings. The van der Waals surface area contributed by atoms with Gasteiger partial charge >= 0.3 is 5.97 Å². The number of amides is 1. The fourth-order valence-electron chi connectivity index (χ4n) is 3.92. The van der Waals surface area contributed by atoms with Crippen molar-refractivity contribution in [3.05, 3.63) is 0 Å². The van der Waals surface area contributed by atoms with E-state index in [0.717, 1.165) is 25.7 Å². The highest BCUT2D eigenvalue weighted by Crippen LogP contribution is 2.30. The van der Waals surface area contributed by atoms with Crippen LogP contribution in [0.15, 0.2) is 0 Å². The second-order valence-electron chi connectivity index (χ2n) is 6.68. The topological polar surface area (TPSA) is 46.6 Å². The Bertz CT molecular complexity index is 358. The molecule has 5 heteroatoms. The van der Waals surface area contributed by atoms with Gasteiger partial charge in [0, 0.05) is 12.1 Å². The molecule has 0 bridgehead atoms.